The number of nitrogens with zero attached hydrogens (tertiary/aromatic N) is 2. The fourth-order valence-corrected chi connectivity index (χ4v) is 2.90. The number of anilines is 1. The van der Waals surface area contributed by atoms with Gasteiger partial charge in [-0.25, -0.2) is 4.98 Å². The molecule has 0 saturated heterocycles. The van der Waals surface area contributed by atoms with E-state index in [1.54, 1.807) is 6.20 Å². The second kappa shape index (κ2) is 8.49. The quantitative estimate of drug-likeness (QED) is 0.644. The second-order valence-electron chi connectivity index (χ2n) is 5.71. The number of rotatable bonds is 6. The standard InChI is InChI=1S/C20H22N4OS/c1-3-25-19-11-7-5-9-17(19)23-20(26)22-14-16-8-4-6-10-18(16)24-13-12-21-15(24)2/h4-13H,3,14H2,1-2H3,(H2,22,23,26). The van der Waals surface area contributed by atoms with Crippen molar-refractivity contribution in [2.45, 2.75) is 20.4 Å². The Morgan fingerprint density at radius 3 is 2.69 bits per heavy atom. The highest BCUT2D eigenvalue weighted by Gasteiger charge is 2.08. The number of para-hydroxylation sites is 3. The zero-order chi connectivity index (χ0) is 18.4. The van der Waals surface area contributed by atoms with Crippen molar-refractivity contribution in [2.75, 3.05) is 11.9 Å². The van der Waals surface area contributed by atoms with Crippen LogP contribution < -0.4 is 15.4 Å². The topological polar surface area (TPSA) is 51.1 Å². The second-order valence-corrected chi connectivity index (χ2v) is 6.12. The Morgan fingerprint density at radius 2 is 1.92 bits per heavy atom. The number of aromatic nitrogens is 2. The molecule has 0 spiro atoms. The fraction of sp³-hybridized carbons (Fsp3) is 0.200. The SMILES string of the molecule is CCOc1ccccc1NC(=S)NCc1ccccc1-n1ccnc1C. The lowest BCUT2D eigenvalue weighted by Gasteiger charge is -2.16. The van der Waals surface area contributed by atoms with Gasteiger partial charge in [-0.1, -0.05) is 30.3 Å². The predicted octanol–water partition coefficient (Wildman–Crippen LogP) is 4.07. The Labute approximate surface area is 159 Å². The molecule has 0 aliphatic heterocycles. The molecule has 2 N–H and O–H groups in total. The van der Waals surface area contributed by atoms with Gasteiger partial charge in [-0.15, -0.1) is 0 Å². The lowest BCUT2D eigenvalue weighted by Crippen LogP contribution is -2.28. The van der Waals surface area contributed by atoms with E-state index in [0.29, 0.717) is 18.3 Å². The highest BCUT2D eigenvalue weighted by atomic mass is 32.1. The van der Waals surface area contributed by atoms with E-state index in [4.69, 9.17) is 17.0 Å². The highest BCUT2D eigenvalue weighted by molar-refractivity contribution is 7.80. The molecule has 3 aromatic rings. The van der Waals surface area contributed by atoms with Gasteiger partial charge in [-0.2, -0.15) is 0 Å². The maximum atomic E-state index is 5.62. The van der Waals surface area contributed by atoms with E-state index in [-0.39, 0.29) is 0 Å². The number of nitrogens with one attached hydrogen (secondary N) is 2. The van der Waals surface area contributed by atoms with Crippen molar-refractivity contribution in [3.05, 3.63) is 72.3 Å². The summed E-state index contributed by atoms with van der Waals surface area (Å²) in [5, 5.41) is 7.03. The molecule has 0 bridgehead atoms. The number of hydrogen-bond donors (Lipinski definition) is 2. The Hall–Kier alpha value is -2.86. The van der Waals surface area contributed by atoms with Crippen molar-refractivity contribution in [1.29, 1.82) is 0 Å². The van der Waals surface area contributed by atoms with E-state index in [0.717, 1.165) is 28.5 Å². The number of benzene rings is 2. The van der Waals surface area contributed by atoms with E-state index < -0.39 is 0 Å². The molecular formula is C20H22N4OS. The third-order valence-electron chi connectivity index (χ3n) is 3.95. The number of hydrogen-bond acceptors (Lipinski definition) is 3. The molecule has 26 heavy (non-hydrogen) atoms. The van der Waals surface area contributed by atoms with Gasteiger partial charge in [-0.3, -0.25) is 0 Å². The average Bonchev–Trinajstić information content (AvgIpc) is 3.08. The first-order valence-electron chi connectivity index (χ1n) is 8.54. The summed E-state index contributed by atoms with van der Waals surface area (Å²) in [4.78, 5) is 4.30. The maximum absolute atomic E-state index is 5.62. The van der Waals surface area contributed by atoms with Gasteiger partial charge in [0, 0.05) is 18.9 Å². The van der Waals surface area contributed by atoms with E-state index in [2.05, 4.69) is 32.3 Å². The summed E-state index contributed by atoms with van der Waals surface area (Å²) in [5.41, 5.74) is 3.08. The minimum absolute atomic E-state index is 0.550. The van der Waals surface area contributed by atoms with Crippen molar-refractivity contribution >= 4 is 23.0 Å². The predicted molar refractivity (Wildman–Crippen MR) is 109 cm³/mol. The average molecular weight is 366 g/mol. The van der Waals surface area contributed by atoms with E-state index in [9.17, 15) is 0 Å². The molecule has 0 aliphatic carbocycles. The van der Waals surface area contributed by atoms with Crippen LogP contribution in [0.5, 0.6) is 5.75 Å². The monoisotopic (exact) mass is 366 g/mol. The molecule has 0 saturated carbocycles. The third-order valence-corrected chi connectivity index (χ3v) is 4.20. The van der Waals surface area contributed by atoms with Crippen molar-refractivity contribution in [3.63, 3.8) is 0 Å². The number of aryl methyl sites for hydroxylation is 1. The number of imidazole rings is 1. The van der Waals surface area contributed by atoms with Gasteiger partial charge < -0.3 is 19.9 Å². The van der Waals surface area contributed by atoms with Crippen molar-refractivity contribution in [3.8, 4) is 11.4 Å². The zero-order valence-electron chi connectivity index (χ0n) is 14.9. The lowest BCUT2D eigenvalue weighted by atomic mass is 10.1. The third kappa shape index (κ3) is 4.21. The van der Waals surface area contributed by atoms with Crippen LogP contribution in [0.3, 0.4) is 0 Å². The molecule has 0 amide bonds. The lowest BCUT2D eigenvalue weighted by molar-refractivity contribution is 0.342. The van der Waals surface area contributed by atoms with E-state index in [1.807, 2.05) is 56.4 Å². The van der Waals surface area contributed by atoms with Crippen LogP contribution >= 0.6 is 12.2 Å². The van der Waals surface area contributed by atoms with Crippen molar-refractivity contribution in [1.82, 2.24) is 14.9 Å². The number of ether oxygens (including phenoxy) is 1. The number of thiocarbonyl (C=S) groups is 1. The van der Waals surface area contributed by atoms with Gasteiger partial charge in [0.25, 0.3) is 0 Å². The Morgan fingerprint density at radius 1 is 1.15 bits per heavy atom. The first kappa shape index (κ1) is 17.9. The highest BCUT2D eigenvalue weighted by Crippen LogP contribution is 2.23. The first-order chi connectivity index (χ1) is 12.7. The van der Waals surface area contributed by atoms with Crippen LogP contribution in [-0.2, 0) is 6.54 Å². The fourth-order valence-electron chi connectivity index (χ4n) is 2.72. The molecule has 0 radical (unpaired) electrons. The molecule has 0 atom stereocenters. The minimum Gasteiger partial charge on any atom is -0.492 e. The molecule has 1 heterocycles. The molecule has 2 aromatic carbocycles. The van der Waals surface area contributed by atoms with Crippen LogP contribution in [0.25, 0.3) is 5.69 Å². The van der Waals surface area contributed by atoms with Gasteiger partial charge >= 0.3 is 0 Å². The van der Waals surface area contributed by atoms with Crippen LogP contribution in [0.4, 0.5) is 5.69 Å². The molecule has 1 aromatic heterocycles. The van der Waals surface area contributed by atoms with Gasteiger partial charge in [0.15, 0.2) is 5.11 Å². The molecule has 6 heteroatoms. The molecule has 0 fully saturated rings. The van der Waals surface area contributed by atoms with Crippen LogP contribution in [0.1, 0.15) is 18.3 Å². The smallest absolute Gasteiger partial charge is 0.171 e. The van der Waals surface area contributed by atoms with Gasteiger partial charge in [-0.05, 0) is 49.8 Å². The summed E-state index contributed by atoms with van der Waals surface area (Å²) in [6.07, 6.45) is 3.76. The van der Waals surface area contributed by atoms with Crippen LogP contribution in [0.15, 0.2) is 60.9 Å². The summed E-state index contributed by atoms with van der Waals surface area (Å²) < 4.78 is 7.69. The van der Waals surface area contributed by atoms with Crippen LogP contribution in [0.2, 0.25) is 0 Å². The van der Waals surface area contributed by atoms with E-state index >= 15 is 0 Å². The summed E-state index contributed by atoms with van der Waals surface area (Å²) in [6.45, 7) is 5.16. The summed E-state index contributed by atoms with van der Waals surface area (Å²) >= 11 is 5.45. The normalized spacial score (nSPS) is 10.4. The molecule has 3 rings (SSSR count). The molecule has 0 aliphatic rings. The van der Waals surface area contributed by atoms with Crippen LogP contribution in [0, 0.1) is 6.92 Å². The Kier molecular flexibility index (Phi) is 5.86. The van der Waals surface area contributed by atoms with E-state index in [1.165, 1.54) is 0 Å². The Balaban J connectivity index is 1.69. The summed E-state index contributed by atoms with van der Waals surface area (Å²) in [7, 11) is 0. The molecule has 134 valence electrons. The van der Waals surface area contributed by atoms with Gasteiger partial charge in [0.2, 0.25) is 0 Å². The van der Waals surface area contributed by atoms with Crippen molar-refractivity contribution < 1.29 is 4.74 Å². The molecular weight excluding hydrogens is 344 g/mol. The summed E-state index contributed by atoms with van der Waals surface area (Å²) in [6, 6.07) is 16.0. The molecule has 5 nitrogen and oxygen atoms in total. The zero-order valence-corrected chi connectivity index (χ0v) is 15.7. The van der Waals surface area contributed by atoms with Crippen molar-refractivity contribution in [2.24, 2.45) is 0 Å². The first-order valence-corrected chi connectivity index (χ1v) is 8.94. The molecule has 0 unspecified atom stereocenters. The van der Waals surface area contributed by atoms with Gasteiger partial charge in [0.05, 0.1) is 18.0 Å². The maximum Gasteiger partial charge on any atom is 0.171 e. The minimum atomic E-state index is 0.550. The largest absolute Gasteiger partial charge is 0.492 e. The van der Waals surface area contributed by atoms with Crippen LogP contribution in [-0.4, -0.2) is 21.3 Å². The Bertz CT molecular complexity index is 891. The van der Waals surface area contributed by atoms with Gasteiger partial charge in [0.1, 0.15) is 11.6 Å². The summed E-state index contributed by atoms with van der Waals surface area (Å²) in [5.74, 6) is 1.73.